The third-order valence-corrected chi connectivity index (χ3v) is 2.43. The lowest BCUT2D eigenvalue weighted by molar-refractivity contribution is -0.122. The zero-order valence-corrected chi connectivity index (χ0v) is 5.99. The molecule has 0 aliphatic carbocycles. The van der Waals surface area contributed by atoms with Crippen LogP contribution in [0.4, 0.5) is 0 Å². The smallest absolute Gasteiger partial charge is 0.166 e. The second-order valence-corrected chi connectivity index (χ2v) is 3.09. The van der Waals surface area contributed by atoms with Gasteiger partial charge in [-0.3, -0.25) is 4.79 Å². The minimum atomic E-state index is -0.676. The average molecular weight is 147 g/mol. The highest BCUT2D eigenvalue weighted by Gasteiger charge is 2.36. The molecule has 9 heavy (non-hydrogen) atoms. The fourth-order valence-corrected chi connectivity index (χ4v) is 1.62. The molecule has 0 spiro atoms. The lowest BCUT2D eigenvalue weighted by Crippen LogP contribution is -2.44. The number of Topliss-reactive ketones (excluding diaryl/α,β-unsaturated/α-hetero) is 1. The van der Waals surface area contributed by atoms with E-state index >= 15 is 0 Å². The summed E-state index contributed by atoms with van der Waals surface area (Å²) in [5, 5.41) is 8.70. The summed E-state index contributed by atoms with van der Waals surface area (Å²) in [6.45, 7) is 1.59. The van der Waals surface area contributed by atoms with Crippen molar-refractivity contribution in [1.29, 1.82) is 0 Å². The fourth-order valence-electron chi connectivity index (χ4n) is 0.598. The van der Waals surface area contributed by atoms with Gasteiger partial charge in [0.2, 0.25) is 0 Å². The first-order valence-electron chi connectivity index (χ1n) is 2.72. The van der Waals surface area contributed by atoms with Crippen LogP contribution in [0.2, 0.25) is 0 Å². The van der Waals surface area contributed by atoms with E-state index in [2.05, 4.69) is 4.72 Å². The Morgan fingerprint density at radius 1 is 2.00 bits per heavy atom. The molecule has 1 heterocycles. The van der Waals surface area contributed by atoms with Gasteiger partial charge in [0, 0.05) is 0 Å². The Kier molecular flexibility index (Phi) is 1.79. The maximum atomic E-state index is 10.9. The highest BCUT2D eigenvalue weighted by Crippen LogP contribution is 2.18. The van der Waals surface area contributed by atoms with Crippen LogP contribution in [-0.4, -0.2) is 28.8 Å². The molecule has 0 unspecified atom stereocenters. The number of carbonyl (C=O) groups is 1. The largest absolute Gasteiger partial charge is 0.394 e. The number of aliphatic hydroxyl groups is 1. The van der Waals surface area contributed by atoms with E-state index in [9.17, 15) is 4.79 Å². The van der Waals surface area contributed by atoms with Crippen molar-refractivity contribution >= 4 is 17.7 Å². The Balaban J connectivity index is 2.67. The third-order valence-electron chi connectivity index (χ3n) is 1.43. The number of rotatable bonds is 1. The lowest BCUT2D eigenvalue weighted by Gasteiger charge is -2.16. The molecule has 1 rings (SSSR count). The van der Waals surface area contributed by atoms with Crippen molar-refractivity contribution in [2.45, 2.75) is 12.5 Å². The molecule has 4 heteroatoms. The number of hydrogen-bond acceptors (Lipinski definition) is 4. The summed E-state index contributed by atoms with van der Waals surface area (Å²) in [5.74, 6) is 0.548. The van der Waals surface area contributed by atoms with E-state index in [4.69, 9.17) is 5.11 Å². The van der Waals surface area contributed by atoms with Crippen molar-refractivity contribution in [2.24, 2.45) is 0 Å². The zero-order valence-electron chi connectivity index (χ0n) is 5.18. The molecule has 1 saturated heterocycles. The molecule has 0 bridgehead atoms. The van der Waals surface area contributed by atoms with Crippen molar-refractivity contribution < 1.29 is 9.90 Å². The molecule has 0 radical (unpaired) electrons. The third kappa shape index (κ3) is 1.10. The number of hydrogen-bond donors (Lipinski definition) is 2. The van der Waals surface area contributed by atoms with Gasteiger partial charge in [-0.25, -0.2) is 4.72 Å². The molecule has 52 valence electrons. The molecule has 1 aliphatic rings. The quantitative estimate of drug-likeness (QED) is 0.494. The second-order valence-electron chi connectivity index (χ2n) is 2.30. The van der Waals surface area contributed by atoms with E-state index in [1.165, 1.54) is 11.9 Å². The van der Waals surface area contributed by atoms with E-state index < -0.39 is 5.54 Å². The second kappa shape index (κ2) is 2.28. The Bertz CT molecular complexity index is 139. The minimum absolute atomic E-state index is 0.0787. The van der Waals surface area contributed by atoms with Crippen molar-refractivity contribution in [2.75, 3.05) is 12.4 Å². The molecular formula is C5H9NO2S. The molecule has 0 saturated carbocycles. The normalized spacial score (nSPS) is 35.6. The standard InChI is InChI=1S/C5H9NO2S/c1-5(3-7)4(8)2-9-6-5/h6-7H,2-3H2,1H3/t5-/m0/s1. The molecule has 2 N–H and O–H groups in total. The molecule has 1 atom stereocenters. The van der Waals surface area contributed by atoms with Gasteiger partial charge in [-0.2, -0.15) is 0 Å². The van der Waals surface area contributed by atoms with Gasteiger partial charge in [-0.1, -0.05) is 11.9 Å². The molecule has 0 amide bonds. The Labute approximate surface area is 58.0 Å². The van der Waals surface area contributed by atoms with Gasteiger partial charge in [-0.05, 0) is 6.92 Å². The number of ketones is 1. The maximum absolute atomic E-state index is 10.9. The highest BCUT2D eigenvalue weighted by atomic mass is 32.2. The van der Waals surface area contributed by atoms with Crippen LogP contribution in [0.15, 0.2) is 0 Å². The van der Waals surface area contributed by atoms with Crippen molar-refractivity contribution in [1.82, 2.24) is 4.72 Å². The van der Waals surface area contributed by atoms with E-state index in [1.54, 1.807) is 6.92 Å². The van der Waals surface area contributed by atoms with Crippen LogP contribution in [0.1, 0.15) is 6.92 Å². The van der Waals surface area contributed by atoms with Crippen LogP contribution in [0, 0.1) is 0 Å². The molecule has 1 fully saturated rings. The van der Waals surface area contributed by atoms with Crippen LogP contribution in [0.25, 0.3) is 0 Å². The first-order chi connectivity index (χ1) is 4.19. The molecular weight excluding hydrogens is 138 g/mol. The van der Waals surface area contributed by atoms with E-state index in [0.717, 1.165) is 0 Å². The summed E-state index contributed by atoms with van der Waals surface area (Å²) < 4.78 is 2.85. The van der Waals surface area contributed by atoms with Crippen molar-refractivity contribution in [3.05, 3.63) is 0 Å². The summed E-state index contributed by atoms with van der Waals surface area (Å²) in [4.78, 5) is 10.9. The van der Waals surface area contributed by atoms with Crippen LogP contribution in [0.5, 0.6) is 0 Å². The molecule has 1 aliphatic heterocycles. The van der Waals surface area contributed by atoms with Gasteiger partial charge in [0.1, 0.15) is 5.54 Å². The first-order valence-corrected chi connectivity index (χ1v) is 3.71. The van der Waals surface area contributed by atoms with Gasteiger partial charge >= 0.3 is 0 Å². The maximum Gasteiger partial charge on any atom is 0.166 e. The zero-order chi connectivity index (χ0) is 6.91. The first kappa shape index (κ1) is 7.05. The molecule has 0 aromatic heterocycles. The Morgan fingerprint density at radius 2 is 2.67 bits per heavy atom. The van der Waals surface area contributed by atoms with Crippen LogP contribution < -0.4 is 4.72 Å². The van der Waals surface area contributed by atoms with Gasteiger partial charge in [0.05, 0.1) is 12.4 Å². The molecule has 0 aromatic rings. The fraction of sp³-hybridized carbons (Fsp3) is 0.800. The lowest BCUT2D eigenvalue weighted by atomic mass is 10.0. The number of nitrogens with one attached hydrogen (secondary N) is 1. The van der Waals surface area contributed by atoms with Crippen LogP contribution in [-0.2, 0) is 4.79 Å². The number of carbonyl (C=O) groups excluding carboxylic acids is 1. The van der Waals surface area contributed by atoms with Crippen molar-refractivity contribution in [3.63, 3.8) is 0 Å². The molecule has 3 nitrogen and oxygen atoms in total. The van der Waals surface area contributed by atoms with Gasteiger partial charge in [0.25, 0.3) is 0 Å². The van der Waals surface area contributed by atoms with E-state index in [-0.39, 0.29) is 12.4 Å². The minimum Gasteiger partial charge on any atom is -0.394 e. The van der Waals surface area contributed by atoms with Gasteiger partial charge in [0.15, 0.2) is 5.78 Å². The van der Waals surface area contributed by atoms with Crippen LogP contribution in [0.3, 0.4) is 0 Å². The van der Waals surface area contributed by atoms with Crippen LogP contribution >= 0.6 is 11.9 Å². The SMILES string of the molecule is C[C@@]1(CO)NSCC1=O. The van der Waals surface area contributed by atoms with E-state index in [0.29, 0.717) is 5.75 Å². The van der Waals surface area contributed by atoms with Gasteiger partial charge < -0.3 is 5.11 Å². The van der Waals surface area contributed by atoms with Crippen molar-refractivity contribution in [3.8, 4) is 0 Å². The summed E-state index contributed by atoms with van der Waals surface area (Å²) in [7, 11) is 0. The average Bonchev–Trinajstić information content (AvgIpc) is 2.15. The Hall–Kier alpha value is -0.0600. The Morgan fingerprint density at radius 3 is 2.89 bits per heavy atom. The topological polar surface area (TPSA) is 49.3 Å². The predicted molar refractivity (Wildman–Crippen MR) is 36.1 cm³/mol. The summed E-state index contributed by atoms with van der Waals surface area (Å²) in [5.41, 5.74) is -0.676. The summed E-state index contributed by atoms with van der Waals surface area (Å²) in [6, 6.07) is 0. The number of aliphatic hydroxyl groups excluding tert-OH is 1. The monoisotopic (exact) mass is 147 g/mol. The van der Waals surface area contributed by atoms with Gasteiger partial charge in [-0.15, -0.1) is 0 Å². The molecule has 0 aromatic carbocycles. The summed E-state index contributed by atoms with van der Waals surface area (Å²) >= 11 is 1.35. The predicted octanol–water partition coefficient (Wildman–Crippen LogP) is -0.442. The van der Waals surface area contributed by atoms with E-state index in [1.807, 2.05) is 0 Å². The summed E-state index contributed by atoms with van der Waals surface area (Å²) in [6.07, 6.45) is 0. The highest BCUT2D eigenvalue weighted by molar-refractivity contribution is 7.98.